The molecule has 104 valence electrons. The third kappa shape index (κ3) is 2.95. The van der Waals surface area contributed by atoms with E-state index >= 15 is 0 Å². The minimum absolute atomic E-state index is 0.0852. The van der Waals surface area contributed by atoms with Crippen molar-refractivity contribution in [2.45, 2.75) is 25.2 Å². The molecule has 20 heavy (non-hydrogen) atoms. The smallest absolute Gasteiger partial charge is 0.0984 e. The van der Waals surface area contributed by atoms with Crippen LogP contribution in [0.15, 0.2) is 59.1 Å². The van der Waals surface area contributed by atoms with Gasteiger partial charge >= 0.3 is 0 Å². The van der Waals surface area contributed by atoms with Gasteiger partial charge < -0.3 is 10.1 Å². The molecule has 3 rings (SSSR count). The molecule has 3 atom stereocenters. The van der Waals surface area contributed by atoms with Crippen molar-refractivity contribution in [2.75, 3.05) is 6.54 Å². The molecule has 0 aliphatic carbocycles. The predicted molar refractivity (Wildman–Crippen MR) is 84.6 cm³/mol. The third-order valence-corrected chi connectivity index (χ3v) is 4.29. The number of hydrogen-bond acceptors (Lipinski definition) is 2. The van der Waals surface area contributed by atoms with Gasteiger partial charge in [-0.25, -0.2) is 0 Å². The zero-order chi connectivity index (χ0) is 13.9. The summed E-state index contributed by atoms with van der Waals surface area (Å²) >= 11 is 3.48. The Morgan fingerprint density at radius 1 is 1.00 bits per heavy atom. The van der Waals surface area contributed by atoms with Gasteiger partial charge in [-0.15, -0.1) is 0 Å². The highest BCUT2D eigenvalue weighted by atomic mass is 79.9. The molecule has 0 saturated carbocycles. The molecule has 0 radical (unpaired) electrons. The lowest BCUT2D eigenvalue weighted by Gasteiger charge is -2.36. The first-order chi connectivity index (χ1) is 9.74. The third-order valence-electron chi connectivity index (χ3n) is 3.76. The normalized spacial score (nSPS) is 26.4. The van der Waals surface area contributed by atoms with Crippen molar-refractivity contribution in [1.29, 1.82) is 0 Å². The first kappa shape index (κ1) is 13.8. The van der Waals surface area contributed by atoms with E-state index in [9.17, 15) is 0 Å². The molecule has 2 aromatic carbocycles. The van der Waals surface area contributed by atoms with Gasteiger partial charge in [-0.3, -0.25) is 0 Å². The van der Waals surface area contributed by atoms with E-state index in [-0.39, 0.29) is 12.2 Å². The van der Waals surface area contributed by atoms with Crippen LogP contribution in [-0.4, -0.2) is 12.6 Å². The summed E-state index contributed by atoms with van der Waals surface area (Å²) in [5.74, 6) is 0. The van der Waals surface area contributed by atoms with Crippen LogP contribution in [0.25, 0.3) is 0 Å². The van der Waals surface area contributed by atoms with Crippen LogP contribution in [0.5, 0.6) is 0 Å². The Morgan fingerprint density at radius 2 is 1.70 bits per heavy atom. The fourth-order valence-corrected chi connectivity index (χ4v) is 2.89. The summed E-state index contributed by atoms with van der Waals surface area (Å²) in [6.45, 7) is 3.03. The number of benzene rings is 2. The Hall–Kier alpha value is -1.16. The summed E-state index contributed by atoms with van der Waals surface area (Å²) in [5.41, 5.74) is 2.45. The van der Waals surface area contributed by atoms with Crippen LogP contribution in [0.4, 0.5) is 0 Å². The van der Waals surface area contributed by atoms with Crippen molar-refractivity contribution < 1.29 is 4.74 Å². The van der Waals surface area contributed by atoms with Crippen LogP contribution in [0.3, 0.4) is 0 Å². The Bertz CT molecular complexity index is 555. The first-order valence-electron chi connectivity index (χ1n) is 6.93. The van der Waals surface area contributed by atoms with E-state index in [0.717, 1.165) is 11.0 Å². The molecule has 0 amide bonds. The monoisotopic (exact) mass is 331 g/mol. The number of nitrogens with one attached hydrogen (secondary N) is 1. The van der Waals surface area contributed by atoms with Crippen LogP contribution in [0.1, 0.15) is 30.3 Å². The van der Waals surface area contributed by atoms with Gasteiger partial charge in [0.05, 0.1) is 12.2 Å². The van der Waals surface area contributed by atoms with E-state index < -0.39 is 0 Å². The minimum Gasteiger partial charge on any atom is -0.363 e. The number of rotatable bonds is 2. The van der Waals surface area contributed by atoms with E-state index in [1.807, 2.05) is 6.07 Å². The molecule has 1 N–H and O–H groups in total. The Balaban J connectivity index is 1.82. The predicted octanol–water partition coefficient (Wildman–Crippen LogP) is 4.24. The zero-order valence-electron chi connectivity index (χ0n) is 11.4. The van der Waals surface area contributed by atoms with E-state index in [1.54, 1.807) is 0 Å². The largest absolute Gasteiger partial charge is 0.363 e. The van der Waals surface area contributed by atoms with Gasteiger partial charge in [0.15, 0.2) is 0 Å². The maximum atomic E-state index is 6.33. The second kappa shape index (κ2) is 6.08. The van der Waals surface area contributed by atoms with Gasteiger partial charge in [0.2, 0.25) is 0 Å². The summed E-state index contributed by atoms with van der Waals surface area (Å²) in [4.78, 5) is 0. The van der Waals surface area contributed by atoms with Crippen LogP contribution in [0.2, 0.25) is 0 Å². The summed E-state index contributed by atoms with van der Waals surface area (Å²) in [7, 11) is 0. The summed E-state index contributed by atoms with van der Waals surface area (Å²) in [5, 5.41) is 3.56. The van der Waals surface area contributed by atoms with Crippen molar-refractivity contribution in [3.05, 3.63) is 70.2 Å². The quantitative estimate of drug-likeness (QED) is 0.888. The van der Waals surface area contributed by atoms with Gasteiger partial charge in [0, 0.05) is 17.1 Å². The van der Waals surface area contributed by atoms with E-state index in [1.165, 1.54) is 11.1 Å². The molecular weight excluding hydrogens is 314 g/mol. The van der Waals surface area contributed by atoms with Crippen LogP contribution in [0, 0.1) is 0 Å². The molecule has 3 heteroatoms. The van der Waals surface area contributed by atoms with Crippen molar-refractivity contribution >= 4 is 15.9 Å². The minimum atomic E-state index is 0.0852. The standard InChI is InChI=1S/C17H18BrNO/c1-12-17(14-7-9-15(18)10-8-14)20-16(11-19-12)13-5-3-2-4-6-13/h2-10,12,16-17,19H,11H2,1H3. The van der Waals surface area contributed by atoms with Gasteiger partial charge in [0.1, 0.15) is 0 Å². The Morgan fingerprint density at radius 3 is 2.40 bits per heavy atom. The number of halogens is 1. The first-order valence-corrected chi connectivity index (χ1v) is 7.72. The lowest BCUT2D eigenvalue weighted by Crippen LogP contribution is -2.43. The van der Waals surface area contributed by atoms with Gasteiger partial charge in [0.25, 0.3) is 0 Å². The average Bonchev–Trinajstić information content (AvgIpc) is 2.50. The van der Waals surface area contributed by atoms with E-state index in [2.05, 4.69) is 76.7 Å². The second-order valence-electron chi connectivity index (χ2n) is 5.20. The molecule has 1 fully saturated rings. The molecule has 1 heterocycles. The van der Waals surface area contributed by atoms with E-state index in [4.69, 9.17) is 4.74 Å². The Labute approximate surface area is 128 Å². The van der Waals surface area contributed by atoms with Crippen molar-refractivity contribution in [3.63, 3.8) is 0 Å². The number of hydrogen-bond donors (Lipinski definition) is 1. The van der Waals surface area contributed by atoms with Crippen LogP contribution in [-0.2, 0) is 4.74 Å². The molecular formula is C17H18BrNO. The van der Waals surface area contributed by atoms with Crippen molar-refractivity contribution in [3.8, 4) is 0 Å². The molecule has 2 nitrogen and oxygen atoms in total. The van der Waals surface area contributed by atoms with E-state index in [0.29, 0.717) is 6.04 Å². The lowest BCUT2D eigenvalue weighted by molar-refractivity contribution is -0.0632. The topological polar surface area (TPSA) is 21.3 Å². The molecule has 1 aliphatic rings. The van der Waals surface area contributed by atoms with Crippen molar-refractivity contribution in [1.82, 2.24) is 5.32 Å². The number of morpholine rings is 1. The average molecular weight is 332 g/mol. The lowest BCUT2D eigenvalue weighted by atomic mass is 9.99. The number of ether oxygens (including phenoxy) is 1. The molecule has 0 bridgehead atoms. The van der Waals surface area contributed by atoms with Gasteiger partial charge in [-0.05, 0) is 30.2 Å². The summed E-state index contributed by atoms with van der Waals surface area (Å²) in [6.07, 6.45) is 0.197. The molecule has 1 saturated heterocycles. The highest BCUT2D eigenvalue weighted by Gasteiger charge is 2.29. The fourth-order valence-electron chi connectivity index (χ4n) is 2.63. The summed E-state index contributed by atoms with van der Waals surface area (Å²) in [6, 6.07) is 19.1. The molecule has 2 aromatic rings. The highest BCUT2D eigenvalue weighted by molar-refractivity contribution is 9.10. The zero-order valence-corrected chi connectivity index (χ0v) is 13.0. The molecule has 3 unspecified atom stereocenters. The second-order valence-corrected chi connectivity index (χ2v) is 6.12. The fraction of sp³-hybridized carbons (Fsp3) is 0.294. The SMILES string of the molecule is CC1NCC(c2ccccc2)OC1c1ccc(Br)cc1. The molecule has 1 aliphatic heterocycles. The van der Waals surface area contributed by atoms with Crippen molar-refractivity contribution in [2.24, 2.45) is 0 Å². The van der Waals surface area contributed by atoms with Crippen LogP contribution < -0.4 is 5.32 Å². The summed E-state index contributed by atoms with van der Waals surface area (Å²) < 4.78 is 7.43. The maximum Gasteiger partial charge on any atom is 0.0984 e. The van der Waals surface area contributed by atoms with Gasteiger partial charge in [-0.1, -0.05) is 58.4 Å². The highest BCUT2D eigenvalue weighted by Crippen LogP contribution is 2.33. The maximum absolute atomic E-state index is 6.33. The Kier molecular flexibility index (Phi) is 4.20. The molecule has 0 aromatic heterocycles. The van der Waals surface area contributed by atoms with Gasteiger partial charge in [-0.2, -0.15) is 0 Å². The molecule has 0 spiro atoms. The van der Waals surface area contributed by atoms with Crippen LogP contribution >= 0.6 is 15.9 Å².